The van der Waals surface area contributed by atoms with Crippen LogP contribution in [0.5, 0.6) is 5.75 Å². The number of fused-ring (bicyclic) bond motifs is 1. The summed E-state index contributed by atoms with van der Waals surface area (Å²) in [5.74, 6) is 1.01. The molecule has 0 spiro atoms. The average Bonchev–Trinajstić information content (AvgIpc) is 2.80. The zero-order chi connectivity index (χ0) is 20.5. The highest BCUT2D eigenvalue weighted by Gasteiger charge is 2.34. The summed E-state index contributed by atoms with van der Waals surface area (Å²) in [6.45, 7) is 6.42. The van der Waals surface area contributed by atoms with Gasteiger partial charge < -0.3 is 10.1 Å². The van der Waals surface area contributed by atoms with Crippen molar-refractivity contribution in [3.8, 4) is 5.75 Å². The lowest BCUT2D eigenvalue weighted by molar-refractivity contribution is 0.410. The van der Waals surface area contributed by atoms with E-state index in [9.17, 15) is 8.42 Å². The topological polar surface area (TPSA) is 55.4 Å². The van der Waals surface area contributed by atoms with Crippen LogP contribution in [0.2, 0.25) is 0 Å². The second-order valence-corrected chi connectivity index (χ2v) is 10.3. The minimum absolute atomic E-state index is 0.0866. The van der Waals surface area contributed by atoms with Gasteiger partial charge in [0.15, 0.2) is 9.84 Å². The van der Waals surface area contributed by atoms with Crippen molar-refractivity contribution < 1.29 is 13.2 Å². The molecule has 2 aromatic rings. The van der Waals surface area contributed by atoms with Crippen LogP contribution in [0.4, 0.5) is 0 Å². The molecule has 0 radical (unpaired) electrons. The molecule has 1 N–H and O–H groups in total. The number of halogens is 1. The lowest BCUT2D eigenvalue weighted by Gasteiger charge is -2.27. The Morgan fingerprint density at radius 1 is 1.21 bits per heavy atom. The van der Waals surface area contributed by atoms with E-state index in [4.69, 9.17) is 4.74 Å². The second-order valence-electron chi connectivity index (χ2n) is 7.45. The minimum Gasteiger partial charge on any atom is -0.496 e. The standard InChI is InChI=1S/C22H28BrNO3S/c1-5-14(3)16-9-7-8-10-17(16)22-18-11-19(23)20(27-4)12-21(18)28(25,26)13-15(6-2)24-22/h7-12,14-15,22,24H,5-6,13H2,1-4H3/t14?,15-,22-/m1/s1. The first-order valence-electron chi connectivity index (χ1n) is 9.77. The Hall–Kier alpha value is -1.37. The molecule has 3 rings (SSSR count). The zero-order valence-corrected chi connectivity index (χ0v) is 19.2. The highest BCUT2D eigenvalue weighted by atomic mass is 79.9. The van der Waals surface area contributed by atoms with Gasteiger partial charge in [0, 0.05) is 12.1 Å². The number of sulfone groups is 1. The van der Waals surface area contributed by atoms with Gasteiger partial charge in [0.2, 0.25) is 0 Å². The molecule has 0 bridgehead atoms. The summed E-state index contributed by atoms with van der Waals surface area (Å²) in [5, 5.41) is 3.64. The van der Waals surface area contributed by atoms with E-state index in [0.29, 0.717) is 16.6 Å². The molecule has 1 unspecified atom stereocenters. The van der Waals surface area contributed by atoms with Crippen molar-refractivity contribution in [1.82, 2.24) is 5.32 Å². The van der Waals surface area contributed by atoms with Crippen LogP contribution in [0.15, 0.2) is 45.8 Å². The van der Waals surface area contributed by atoms with Gasteiger partial charge in [-0.2, -0.15) is 0 Å². The van der Waals surface area contributed by atoms with E-state index < -0.39 is 9.84 Å². The number of ether oxygens (including phenoxy) is 1. The van der Waals surface area contributed by atoms with Crippen molar-refractivity contribution >= 4 is 25.8 Å². The molecular weight excluding hydrogens is 438 g/mol. The summed E-state index contributed by atoms with van der Waals surface area (Å²) in [4.78, 5) is 0.361. The molecule has 152 valence electrons. The average molecular weight is 466 g/mol. The normalized spacial score (nSPS) is 22.2. The Morgan fingerprint density at radius 2 is 1.93 bits per heavy atom. The van der Waals surface area contributed by atoms with Crippen molar-refractivity contribution in [2.24, 2.45) is 0 Å². The molecule has 0 amide bonds. The van der Waals surface area contributed by atoms with Crippen molar-refractivity contribution in [3.05, 3.63) is 57.6 Å². The Labute approximate surface area is 176 Å². The number of hydrogen-bond donors (Lipinski definition) is 1. The Kier molecular flexibility index (Phi) is 6.52. The van der Waals surface area contributed by atoms with Crippen LogP contribution in [-0.4, -0.2) is 27.3 Å². The van der Waals surface area contributed by atoms with Gasteiger partial charge in [-0.15, -0.1) is 0 Å². The predicted molar refractivity (Wildman–Crippen MR) is 117 cm³/mol. The summed E-state index contributed by atoms with van der Waals surface area (Å²) in [6.07, 6.45) is 1.77. The maximum atomic E-state index is 13.2. The van der Waals surface area contributed by atoms with E-state index in [2.05, 4.69) is 53.3 Å². The first-order valence-corrected chi connectivity index (χ1v) is 12.2. The summed E-state index contributed by atoms with van der Waals surface area (Å²) >= 11 is 3.54. The van der Waals surface area contributed by atoms with E-state index in [1.165, 1.54) is 5.56 Å². The third-order valence-corrected chi connectivity index (χ3v) is 8.18. The number of benzene rings is 2. The monoisotopic (exact) mass is 465 g/mol. The molecule has 0 saturated heterocycles. The van der Waals surface area contributed by atoms with Gasteiger partial charge in [-0.1, -0.05) is 45.0 Å². The van der Waals surface area contributed by atoms with E-state index >= 15 is 0 Å². The minimum atomic E-state index is -3.43. The smallest absolute Gasteiger partial charge is 0.180 e. The van der Waals surface area contributed by atoms with Crippen LogP contribution in [0, 0.1) is 0 Å². The molecule has 0 aliphatic carbocycles. The largest absolute Gasteiger partial charge is 0.496 e. The van der Waals surface area contributed by atoms with E-state index in [1.54, 1.807) is 13.2 Å². The molecule has 1 aliphatic heterocycles. The fourth-order valence-electron chi connectivity index (χ4n) is 3.87. The van der Waals surface area contributed by atoms with Crippen LogP contribution in [0.1, 0.15) is 62.3 Å². The summed E-state index contributed by atoms with van der Waals surface area (Å²) in [7, 11) is -1.88. The molecule has 6 heteroatoms. The van der Waals surface area contributed by atoms with E-state index in [0.717, 1.165) is 28.4 Å². The molecule has 1 aliphatic rings. The van der Waals surface area contributed by atoms with Crippen LogP contribution < -0.4 is 10.1 Å². The molecular formula is C22H28BrNO3S. The number of methoxy groups -OCH3 is 1. The fourth-order valence-corrected chi connectivity index (χ4v) is 6.25. The molecule has 0 saturated carbocycles. The van der Waals surface area contributed by atoms with E-state index in [1.807, 2.05) is 19.1 Å². The summed E-state index contributed by atoms with van der Waals surface area (Å²) in [5.41, 5.74) is 3.18. The molecule has 1 heterocycles. The molecule has 3 atom stereocenters. The van der Waals surface area contributed by atoms with Crippen LogP contribution in [-0.2, 0) is 9.84 Å². The third kappa shape index (κ3) is 4.00. The Morgan fingerprint density at radius 3 is 2.57 bits per heavy atom. The molecule has 4 nitrogen and oxygen atoms in total. The first-order chi connectivity index (χ1) is 13.3. The van der Waals surface area contributed by atoms with Crippen molar-refractivity contribution in [2.75, 3.05) is 12.9 Å². The first kappa shape index (κ1) is 21.3. The van der Waals surface area contributed by atoms with Gasteiger partial charge in [0.1, 0.15) is 5.75 Å². The lowest BCUT2D eigenvalue weighted by Crippen LogP contribution is -2.35. The molecule has 0 fully saturated rings. The van der Waals surface area contributed by atoms with Crippen molar-refractivity contribution in [1.29, 1.82) is 0 Å². The van der Waals surface area contributed by atoms with Crippen LogP contribution >= 0.6 is 15.9 Å². The highest BCUT2D eigenvalue weighted by molar-refractivity contribution is 9.10. The van der Waals surface area contributed by atoms with Crippen molar-refractivity contribution in [2.45, 2.75) is 56.5 Å². The number of rotatable bonds is 5. The van der Waals surface area contributed by atoms with Crippen molar-refractivity contribution in [3.63, 3.8) is 0 Å². The second kappa shape index (κ2) is 8.56. The Balaban J connectivity index is 2.29. The lowest BCUT2D eigenvalue weighted by atomic mass is 9.87. The fraction of sp³-hybridized carbons (Fsp3) is 0.455. The van der Waals surface area contributed by atoms with Gasteiger partial charge in [-0.25, -0.2) is 8.42 Å². The van der Waals surface area contributed by atoms with Gasteiger partial charge in [-0.05, 0) is 57.4 Å². The molecule has 2 aromatic carbocycles. The summed E-state index contributed by atoms with van der Waals surface area (Å²) in [6, 6.07) is 11.6. The van der Waals surface area contributed by atoms with Gasteiger partial charge in [0.05, 0.1) is 28.3 Å². The van der Waals surface area contributed by atoms with Crippen LogP contribution in [0.25, 0.3) is 0 Å². The van der Waals surface area contributed by atoms with Crippen LogP contribution in [0.3, 0.4) is 0 Å². The SMILES string of the molecule is CCC(C)c1ccccc1[C@H]1N[C@H](CC)CS(=O)(=O)c2cc(OC)c(Br)cc21. The van der Waals surface area contributed by atoms with Gasteiger partial charge in [0.25, 0.3) is 0 Å². The quantitative estimate of drug-likeness (QED) is 0.657. The maximum Gasteiger partial charge on any atom is 0.180 e. The number of hydrogen-bond acceptors (Lipinski definition) is 4. The summed E-state index contributed by atoms with van der Waals surface area (Å²) < 4.78 is 32.5. The predicted octanol–water partition coefficient (Wildman–Crippen LogP) is 5.22. The Bertz CT molecular complexity index is 958. The highest BCUT2D eigenvalue weighted by Crippen LogP contribution is 2.40. The van der Waals surface area contributed by atoms with E-state index in [-0.39, 0.29) is 17.8 Å². The van der Waals surface area contributed by atoms with Gasteiger partial charge >= 0.3 is 0 Å². The number of nitrogens with one attached hydrogen (secondary N) is 1. The molecule has 28 heavy (non-hydrogen) atoms. The molecule has 0 aromatic heterocycles. The third-order valence-electron chi connectivity index (χ3n) is 5.70. The van der Waals surface area contributed by atoms with Gasteiger partial charge in [-0.3, -0.25) is 0 Å². The zero-order valence-electron chi connectivity index (χ0n) is 16.8. The maximum absolute atomic E-state index is 13.2.